The number of amides is 1. The largest absolute Gasteiger partial charge is 0.352 e. The molecule has 92 valence electrons. The van der Waals surface area contributed by atoms with Crippen molar-refractivity contribution in [3.8, 4) is 0 Å². The van der Waals surface area contributed by atoms with Crippen molar-refractivity contribution >= 4 is 28.1 Å². The van der Waals surface area contributed by atoms with E-state index in [2.05, 4.69) is 21.2 Å². The van der Waals surface area contributed by atoms with E-state index in [1.807, 2.05) is 12.1 Å². The lowest BCUT2D eigenvalue weighted by Gasteiger charge is -2.04. The summed E-state index contributed by atoms with van der Waals surface area (Å²) in [4.78, 5) is 21.7. The molecule has 0 bridgehead atoms. The van der Waals surface area contributed by atoms with Gasteiger partial charge in [-0.3, -0.25) is 4.79 Å². The third-order valence-corrected chi connectivity index (χ3v) is 2.92. The minimum Gasteiger partial charge on any atom is -0.352 e. The molecule has 0 aromatic heterocycles. The molecule has 0 spiro atoms. The van der Waals surface area contributed by atoms with Crippen LogP contribution < -0.4 is 5.32 Å². The minimum atomic E-state index is -0.0483. The fourth-order valence-electron chi connectivity index (χ4n) is 1.43. The molecule has 0 aliphatic carbocycles. The van der Waals surface area contributed by atoms with Crippen LogP contribution in [0.3, 0.4) is 0 Å². The average Bonchev–Trinajstić information content (AvgIpc) is 2.34. The van der Waals surface area contributed by atoms with Crippen molar-refractivity contribution in [2.24, 2.45) is 0 Å². The highest BCUT2D eigenvalue weighted by molar-refractivity contribution is 9.10. The SMILES string of the molecule is O=CCCCCCNC(=O)c1ccc(Br)cc1. The van der Waals surface area contributed by atoms with Gasteiger partial charge < -0.3 is 10.1 Å². The lowest BCUT2D eigenvalue weighted by atomic mass is 10.2. The van der Waals surface area contributed by atoms with Gasteiger partial charge in [0.25, 0.3) is 5.91 Å². The molecule has 0 saturated carbocycles. The number of halogens is 1. The first kappa shape index (κ1) is 13.9. The summed E-state index contributed by atoms with van der Waals surface area (Å²) in [5, 5.41) is 2.85. The van der Waals surface area contributed by atoms with E-state index in [4.69, 9.17) is 0 Å². The van der Waals surface area contributed by atoms with E-state index in [0.717, 1.165) is 30.0 Å². The summed E-state index contributed by atoms with van der Waals surface area (Å²) in [6.45, 7) is 0.660. The molecule has 1 aromatic carbocycles. The van der Waals surface area contributed by atoms with E-state index in [1.165, 1.54) is 0 Å². The Labute approximate surface area is 110 Å². The van der Waals surface area contributed by atoms with Crippen molar-refractivity contribution in [3.63, 3.8) is 0 Å². The number of carbonyl (C=O) groups excluding carboxylic acids is 2. The summed E-state index contributed by atoms with van der Waals surface area (Å²) in [6.07, 6.45) is 4.33. The van der Waals surface area contributed by atoms with Crippen LogP contribution in [0.25, 0.3) is 0 Å². The minimum absolute atomic E-state index is 0.0483. The molecule has 0 heterocycles. The first-order chi connectivity index (χ1) is 8.24. The van der Waals surface area contributed by atoms with E-state index in [1.54, 1.807) is 12.1 Å². The highest BCUT2D eigenvalue weighted by atomic mass is 79.9. The topological polar surface area (TPSA) is 46.2 Å². The number of unbranched alkanes of at least 4 members (excludes halogenated alkanes) is 3. The van der Waals surface area contributed by atoms with Gasteiger partial charge in [0.05, 0.1) is 0 Å². The fourth-order valence-corrected chi connectivity index (χ4v) is 1.70. The Bertz CT molecular complexity index is 362. The third-order valence-electron chi connectivity index (χ3n) is 2.39. The number of hydrogen-bond donors (Lipinski definition) is 1. The lowest BCUT2D eigenvalue weighted by molar-refractivity contribution is -0.107. The molecule has 4 heteroatoms. The first-order valence-electron chi connectivity index (χ1n) is 5.71. The highest BCUT2D eigenvalue weighted by Gasteiger charge is 2.03. The molecule has 0 saturated heterocycles. The summed E-state index contributed by atoms with van der Waals surface area (Å²) < 4.78 is 0.961. The second kappa shape index (κ2) is 8.01. The smallest absolute Gasteiger partial charge is 0.251 e. The van der Waals surface area contributed by atoms with Gasteiger partial charge in [-0.15, -0.1) is 0 Å². The monoisotopic (exact) mass is 297 g/mol. The molecule has 0 radical (unpaired) electrons. The van der Waals surface area contributed by atoms with Crippen molar-refractivity contribution in [1.82, 2.24) is 5.32 Å². The molecular formula is C13H16BrNO2. The quantitative estimate of drug-likeness (QED) is 0.621. The molecule has 1 rings (SSSR count). The summed E-state index contributed by atoms with van der Waals surface area (Å²) in [5.41, 5.74) is 0.668. The fraction of sp³-hybridized carbons (Fsp3) is 0.385. The highest BCUT2D eigenvalue weighted by Crippen LogP contribution is 2.10. The number of benzene rings is 1. The number of rotatable bonds is 7. The Morgan fingerprint density at radius 1 is 1.18 bits per heavy atom. The van der Waals surface area contributed by atoms with Crippen molar-refractivity contribution in [2.75, 3.05) is 6.54 Å². The van der Waals surface area contributed by atoms with Crippen LogP contribution in [0, 0.1) is 0 Å². The van der Waals surface area contributed by atoms with Crippen LogP contribution in [0.2, 0.25) is 0 Å². The summed E-state index contributed by atoms with van der Waals surface area (Å²) >= 11 is 3.32. The van der Waals surface area contributed by atoms with Crippen LogP contribution in [0.4, 0.5) is 0 Å². The van der Waals surface area contributed by atoms with Gasteiger partial charge in [-0.05, 0) is 37.1 Å². The molecule has 0 aliphatic heterocycles. The summed E-state index contributed by atoms with van der Waals surface area (Å²) in [6, 6.07) is 7.26. The molecule has 0 aliphatic rings. The Morgan fingerprint density at radius 2 is 1.88 bits per heavy atom. The van der Waals surface area contributed by atoms with Gasteiger partial charge in [-0.25, -0.2) is 0 Å². The molecular weight excluding hydrogens is 282 g/mol. The van der Waals surface area contributed by atoms with Gasteiger partial charge in [-0.1, -0.05) is 22.4 Å². The van der Waals surface area contributed by atoms with Gasteiger partial charge in [-0.2, -0.15) is 0 Å². The molecule has 1 N–H and O–H groups in total. The van der Waals surface area contributed by atoms with E-state index in [9.17, 15) is 9.59 Å². The molecule has 0 atom stereocenters. The molecule has 1 amide bonds. The number of carbonyl (C=O) groups is 2. The predicted octanol–water partition coefficient (Wildman–Crippen LogP) is 2.94. The lowest BCUT2D eigenvalue weighted by Crippen LogP contribution is -2.24. The van der Waals surface area contributed by atoms with Crippen LogP contribution in [0.1, 0.15) is 36.0 Å². The second-order valence-corrected chi connectivity index (χ2v) is 4.69. The number of hydrogen-bond acceptors (Lipinski definition) is 2. The third kappa shape index (κ3) is 5.63. The van der Waals surface area contributed by atoms with Crippen LogP contribution in [0.5, 0.6) is 0 Å². The van der Waals surface area contributed by atoms with Crippen molar-refractivity contribution in [1.29, 1.82) is 0 Å². The van der Waals surface area contributed by atoms with Crippen molar-refractivity contribution < 1.29 is 9.59 Å². The van der Waals surface area contributed by atoms with Gasteiger partial charge in [0.15, 0.2) is 0 Å². The first-order valence-corrected chi connectivity index (χ1v) is 6.50. The number of nitrogens with one attached hydrogen (secondary N) is 1. The molecule has 1 aromatic rings. The summed E-state index contributed by atoms with van der Waals surface area (Å²) in [7, 11) is 0. The van der Waals surface area contributed by atoms with Gasteiger partial charge in [0.1, 0.15) is 6.29 Å². The zero-order chi connectivity index (χ0) is 12.5. The Morgan fingerprint density at radius 3 is 2.53 bits per heavy atom. The van der Waals surface area contributed by atoms with E-state index >= 15 is 0 Å². The van der Waals surface area contributed by atoms with Crippen LogP contribution in [-0.4, -0.2) is 18.7 Å². The Hall–Kier alpha value is -1.16. The molecule has 0 unspecified atom stereocenters. The predicted molar refractivity (Wildman–Crippen MR) is 71.0 cm³/mol. The summed E-state index contributed by atoms with van der Waals surface area (Å²) in [5.74, 6) is -0.0483. The average molecular weight is 298 g/mol. The van der Waals surface area contributed by atoms with E-state index in [-0.39, 0.29) is 5.91 Å². The van der Waals surface area contributed by atoms with Crippen molar-refractivity contribution in [2.45, 2.75) is 25.7 Å². The Kier molecular flexibility index (Phi) is 6.55. The van der Waals surface area contributed by atoms with Gasteiger partial charge >= 0.3 is 0 Å². The van der Waals surface area contributed by atoms with Crippen molar-refractivity contribution in [3.05, 3.63) is 34.3 Å². The van der Waals surface area contributed by atoms with E-state index in [0.29, 0.717) is 18.5 Å². The maximum atomic E-state index is 11.7. The zero-order valence-corrected chi connectivity index (χ0v) is 11.2. The van der Waals surface area contributed by atoms with Crippen LogP contribution >= 0.6 is 15.9 Å². The van der Waals surface area contributed by atoms with Crippen LogP contribution in [0.15, 0.2) is 28.7 Å². The second-order valence-electron chi connectivity index (χ2n) is 3.78. The van der Waals surface area contributed by atoms with Gasteiger partial charge in [0, 0.05) is 23.0 Å². The number of aldehydes is 1. The van der Waals surface area contributed by atoms with E-state index < -0.39 is 0 Å². The van der Waals surface area contributed by atoms with Crippen LogP contribution in [-0.2, 0) is 4.79 Å². The van der Waals surface area contributed by atoms with Gasteiger partial charge in [0.2, 0.25) is 0 Å². The standard InChI is InChI=1S/C13H16BrNO2/c14-12-7-5-11(6-8-12)13(17)15-9-3-1-2-4-10-16/h5-8,10H,1-4,9H2,(H,15,17). The maximum Gasteiger partial charge on any atom is 0.251 e. The Balaban J connectivity index is 2.21. The maximum absolute atomic E-state index is 11.7. The molecule has 0 fully saturated rings. The molecule has 3 nitrogen and oxygen atoms in total. The molecule has 17 heavy (non-hydrogen) atoms. The normalized spacial score (nSPS) is 9.94. The zero-order valence-electron chi connectivity index (χ0n) is 9.62.